The van der Waals surface area contributed by atoms with Gasteiger partial charge in [0.2, 0.25) is 0 Å². The predicted molar refractivity (Wildman–Crippen MR) is 43.2 cm³/mol. The van der Waals surface area contributed by atoms with Gasteiger partial charge < -0.3 is 0 Å². The Hall–Kier alpha value is -0.260. The molecule has 0 rings (SSSR count). The normalized spacial score (nSPS) is 12.2. The highest BCUT2D eigenvalue weighted by molar-refractivity contribution is 5.22. The van der Waals surface area contributed by atoms with Crippen LogP contribution in [0.4, 0.5) is 0 Å². The molecule has 0 unspecified atom stereocenters. The summed E-state index contributed by atoms with van der Waals surface area (Å²) in [6.07, 6.45) is 0. The molecule has 0 heterocycles. The summed E-state index contributed by atoms with van der Waals surface area (Å²) in [7, 11) is 0. The van der Waals surface area contributed by atoms with Crippen LogP contribution in [-0.4, -0.2) is 0 Å². The summed E-state index contributed by atoms with van der Waals surface area (Å²) in [5.74, 6) is 1.34. The Morgan fingerprint density at radius 3 is 1.44 bits per heavy atom. The fourth-order valence-electron chi connectivity index (χ4n) is 0.750. The Kier molecular flexibility index (Phi) is 2.48. The molecule has 1 radical (unpaired) electrons. The van der Waals surface area contributed by atoms with Gasteiger partial charge >= 0.3 is 0 Å². The molecule has 0 saturated carbocycles. The van der Waals surface area contributed by atoms with Crippen LogP contribution in [0, 0.1) is 11.3 Å². The molecule has 0 spiro atoms. The zero-order chi connectivity index (χ0) is 7.65. The van der Waals surface area contributed by atoms with E-state index in [1.165, 1.54) is 11.5 Å². The van der Waals surface area contributed by atoms with E-state index in [-0.39, 0.29) is 5.41 Å². The number of rotatable bonds is 1. The standard InChI is InChI=1S/C9H17/c1-7(2)8(3)9(4,5)6/h3H2,1-2,4-6H3. The molecule has 0 nitrogen and oxygen atoms in total. The van der Waals surface area contributed by atoms with Crippen LogP contribution in [0.5, 0.6) is 0 Å². The van der Waals surface area contributed by atoms with Crippen LogP contribution in [-0.2, 0) is 0 Å². The first-order valence-electron chi connectivity index (χ1n) is 3.35. The van der Waals surface area contributed by atoms with Crippen LogP contribution >= 0.6 is 0 Å². The Morgan fingerprint density at radius 2 is 1.44 bits per heavy atom. The molecule has 0 atom stereocenters. The lowest BCUT2D eigenvalue weighted by Gasteiger charge is -2.24. The molecule has 0 N–H and O–H groups in total. The van der Waals surface area contributed by atoms with E-state index >= 15 is 0 Å². The molecule has 0 aromatic carbocycles. The zero-order valence-electron chi connectivity index (χ0n) is 7.21. The van der Waals surface area contributed by atoms with Crippen molar-refractivity contribution in [3.05, 3.63) is 18.1 Å². The molecule has 0 aromatic rings. The molecule has 0 amide bonds. The molecule has 0 bridgehead atoms. The molecule has 9 heavy (non-hydrogen) atoms. The van der Waals surface area contributed by atoms with Crippen molar-refractivity contribution in [1.29, 1.82) is 0 Å². The predicted octanol–water partition coefficient (Wildman–Crippen LogP) is 3.20. The second-order valence-electron chi connectivity index (χ2n) is 3.73. The first-order chi connectivity index (χ1) is 3.85. The maximum absolute atomic E-state index is 3.99. The maximum Gasteiger partial charge on any atom is -0.00537 e. The minimum Gasteiger partial charge on any atom is -0.0988 e. The number of hydrogen-bond donors (Lipinski definition) is 0. The van der Waals surface area contributed by atoms with E-state index in [9.17, 15) is 0 Å². The first kappa shape index (κ1) is 8.74. The van der Waals surface area contributed by atoms with Crippen molar-refractivity contribution in [2.24, 2.45) is 5.41 Å². The lowest BCUT2D eigenvalue weighted by molar-refractivity contribution is 0.499. The average molecular weight is 125 g/mol. The molecule has 0 aliphatic heterocycles. The van der Waals surface area contributed by atoms with E-state index in [2.05, 4.69) is 41.2 Å². The SMILES string of the molecule is C=C([C](C)C)C(C)(C)C. The van der Waals surface area contributed by atoms with E-state index in [1.807, 2.05) is 0 Å². The Balaban J connectivity index is 4.06. The third kappa shape index (κ3) is 2.69. The van der Waals surface area contributed by atoms with Crippen molar-refractivity contribution >= 4 is 0 Å². The largest absolute Gasteiger partial charge is 0.0988 e. The van der Waals surface area contributed by atoms with Gasteiger partial charge in [-0.15, -0.1) is 0 Å². The highest BCUT2D eigenvalue weighted by Gasteiger charge is 2.16. The molecular formula is C9H17. The van der Waals surface area contributed by atoms with Crippen LogP contribution in [0.25, 0.3) is 0 Å². The van der Waals surface area contributed by atoms with Gasteiger partial charge in [0.15, 0.2) is 0 Å². The van der Waals surface area contributed by atoms with Crippen LogP contribution < -0.4 is 0 Å². The van der Waals surface area contributed by atoms with Crippen LogP contribution in [0.15, 0.2) is 12.2 Å². The zero-order valence-corrected chi connectivity index (χ0v) is 7.21. The number of allylic oxidation sites excluding steroid dienone is 1. The van der Waals surface area contributed by atoms with Crippen molar-refractivity contribution in [1.82, 2.24) is 0 Å². The van der Waals surface area contributed by atoms with E-state index in [0.29, 0.717) is 0 Å². The summed E-state index contributed by atoms with van der Waals surface area (Å²) in [5, 5.41) is 0. The van der Waals surface area contributed by atoms with Gasteiger partial charge in [-0.2, -0.15) is 0 Å². The van der Waals surface area contributed by atoms with Crippen molar-refractivity contribution in [3.63, 3.8) is 0 Å². The molecule has 0 aromatic heterocycles. The third-order valence-corrected chi connectivity index (χ3v) is 1.51. The van der Waals surface area contributed by atoms with Gasteiger partial charge in [0.05, 0.1) is 0 Å². The molecule has 0 heteroatoms. The molecule has 0 aliphatic carbocycles. The van der Waals surface area contributed by atoms with E-state index in [0.717, 1.165) is 0 Å². The summed E-state index contributed by atoms with van der Waals surface area (Å²) in [6, 6.07) is 0. The smallest absolute Gasteiger partial charge is 0.00537 e. The molecular weight excluding hydrogens is 108 g/mol. The molecule has 0 aliphatic rings. The van der Waals surface area contributed by atoms with E-state index in [4.69, 9.17) is 0 Å². The number of hydrogen-bond acceptors (Lipinski definition) is 0. The quantitative estimate of drug-likeness (QED) is 0.505. The van der Waals surface area contributed by atoms with Gasteiger partial charge in [-0.1, -0.05) is 46.8 Å². The maximum atomic E-state index is 3.99. The Bertz CT molecular complexity index is 102. The topological polar surface area (TPSA) is 0 Å². The summed E-state index contributed by atoms with van der Waals surface area (Å²) >= 11 is 0. The van der Waals surface area contributed by atoms with Gasteiger partial charge in [0, 0.05) is 0 Å². The third-order valence-electron chi connectivity index (χ3n) is 1.51. The van der Waals surface area contributed by atoms with Gasteiger partial charge in [-0.05, 0) is 11.3 Å². The lowest BCUT2D eigenvalue weighted by Crippen LogP contribution is -2.11. The van der Waals surface area contributed by atoms with Gasteiger partial charge in [0.25, 0.3) is 0 Å². The fraction of sp³-hybridized carbons (Fsp3) is 0.667. The van der Waals surface area contributed by atoms with E-state index in [1.54, 1.807) is 0 Å². The van der Waals surface area contributed by atoms with Crippen LogP contribution in [0.3, 0.4) is 0 Å². The summed E-state index contributed by atoms with van der Waals surface area (Å²) in [4.78, 5) is 0. The van der Waals surface area contributed by atoms with Crippen molar-refractivity contribution in [2.75, 3.05) is 0 Å². The van der Waals surface area contributed by atoms with Crippen molar-refractivity contribution in [2.45, 2.75) is 34.6 Å². The van der Waals surface area contributed by atoms with Crippen molar-refractivity contribution < 1.29 is 0 Å². The Labute approximate surface area is 59.0 Å². The first-order valence-corrected chi connectivity index (χ1v) is 3.35. The molecule has 0 fully saturated rings. The second kappa shape index (κ2) is 2.55. The molecule has 0 saturated heterocycles. The summed E-state index contributed by atoms with van der Waals surface area (Å²) in [5.41, 5.74) is 1.50. The fourth-order valence-corrected chi connectivity index (χ4v) is 0.750. The van der Waals surface area contributed by atoms with Crippen molar-refractivity contribution in [3.8, 4) is 0 Å². The van der Waals surface area contributed by atoms with Crippen LogP contribution in [0.2, 0.25) is 0 Å². The van der Waals surface area contributed by atoms with Crippen LogP contribution in [0.1, 0.15) is 34.6 Å². The molecule has 53 valence electrons. The average Bonchev–Trinajstić information content (AvgIpc) is 1.62. The Morgan fingerprint density at radius 1 is 1.11 bits per heavy atom. The van der Waals surface area contributed by atoms with Gasteiger partial charge in [0.1, 0.15) is 0 Å². The van der Waals surface area contributed by atoms with Gasteiger partial charge in [-0.3, -0.25) is 0 Å². The minimum atomic E-state index is 0.249. The minimum absolute atomic E-state index is 0.249. The monoisotopic (exact) mass is 125 g/mol. The second-order valence-corrected chi connectivity index (χ2v) is 3.73. The summed E-state index contributed by atoms with van der Waals surface area (Å²) in [6.45, 7) is 14.7. The highest BCUT2D eigenvalue weighted by Crippen LogP contribution is 2.30. The van der Waals surface area contributed by atoms with Gasteiger partial charge in [-0.25, -0.2) is 0 Å². The lowest BCUT2D eigenvalue weighted by atomic mass is 9.81. The highest BCUT2D eigenvalue weighted by atomic mass is 14.2. The summed E-state index contributed by atoms with van der Waals surface area (Å²) < 4.78 is 0. The van der Waals surface area contributed by atoms with E-state index < -0.39 is 0 Å².